The molecule has 0 radical (unpaired) electrons. The maximum Gasteiger partial charge on any atom is 0.118 e. The van der Waals surface area contributed by atoms with Crippen molar-refractivity contribution < 1.29 is 4.74 Å². The van der Waals surface area contributed by atoms with Gasteiger partial charge in [0.15, 0.2) is 0 Å². The van der Waals surface area contributed by atoms with E-state index in [9.17, 15) is 0 Å². The molecule has 1 aliphatic rings. The number of hydrogen-bond acceptors (Lipinski definition) is 3. The monoisotopic (exact) mass is 243 g/mol. The molecule has 0 unspecified atom stereocenters. The molecule has 0 aliphatic carbocycles. The Labute approximate surface area is 106 Å². The summed E-state index contributed by atoms with van der Waals surface area (Å²) in [6.45, 7) is 4.12. The summed E-state index contributed by atoms with van der Waals surface area (Å²) >= 11 is 0. The van der Waals surface area contributed by atoms with Crippen LogP contribution in [0, 0.1) is 6.92 Å². The Morgan fingerprint density at radius 2 is 1.94 bits per heavy atom. The van der Waals surface area contributed by atoms with E-state index in [2.05, 4.69) is 17.2 Å². The maximum absolute atomic E-state index is 5.17. The fraction of sp³-hybridized carbons (Fsp3) is 0.357. The van der Waals surface area contributed by atoms with Crippen LogP contribution in [0.5, 0.6) is 5.75 Å². The van der Waals surface area contributed by atoms with Gasteiger partial charge in [-0.15, -0.1) is 0 Å². The van der Waals surface area contributed by atoms with Gasteiger partial charge in [0.25, 0.3) is 0 Å². The van der Waals surface area contributed by atoms with Gasteiger partial charge in [0.05, 0.1) is 12.8 Å². The first-order chi connectivity index (χ1) is 8.78. The molecule has 4 heteroatoms. The zero-order chi connectivity index (χ0) is 12.5. The van der Waals surface area contributed by atoms with Crippen molar-refractivity contribution >= 4 is 0 Å². The molecule has 0 spiro atoms. The molecule has 1 aromatic heterocycles. The van der Waals surface area contributed by atoms with Crippen LogP contribution in [0.1, 0.15) is 17.4 Å². The van der Waals surface area contributed by atoms with E-state index in [0.29, 0.717) is 5.92 Å². The van der Waals surface area contributed by atoms with Crippen LogP contribution >= 0.6 is 0 Å². The normalized spacial score (nSPS) is 15.4. The number of nitrogens with zero attached hydrogens (tertiary/aromatic N) is 1. The second-order valence-electron chi connectivity index (χ2n) is 4.68. The van der Waals surface area contributed by atoms with Gasteiger partial charge in [-0.1, -0.05) is 0 Å². The minimum absolute atomic E-state index is 0.538. The van der Waals surface area contributed by atoms with Crippen molar-refractivity contribution in [2.24, 2.45) is 0 Å². The molecule has 0 bridgehead atoms. The minimum atomic E-state index is 0.538. The molecule has 0 atom stereocenters. The summed E-state index contributed by atoms with van der Waals surface area (Å²) in [5.74, 6) is 2.50. The van der Waals surface area contributed by atoms with Crippen LogP contribution in [-0.2, 0) is 0 Å². The Bertz CT molecular complexity index is 541. The fourth-order valence-corrected chi connectivity index (χ4v) is 2.19. The molecule has 2 heterocycles. The standard InChI is InChI=1S/C14H17N3O/c1-9-13(10-3-5-12(18-2)6-4-10)17-14(16-9)11-7-15-8-11/h3-6,11,15H,7-8H2,1-2H3,(H,16,17). The third-order valence-electron chi connectivity index (χ3n) is 3.43. The van der Waals surface area contributed by atoms with Crippen molar-refractivity contribution in [2.45, 2.75) is 12.8 Å². The number of ether oxygens (including phenoxy) is 1. The van der Waals surface area contributed by atoms with E-state index >= 15 is 0 Å². The summed E-state index contributed by atoms with van der Waals surface area (Å²) in [7, 11) is 1.68. The Kier molecular flexibility index (Phi) is 2.80. The first-order valence-electron chi connectivity index (χ1n) is 6.19. The zero-order valence-corrected chi connectivity index (χ0v) is 10.7. The quantitative estimate of drug-likeness (QED) is 0.867. The number of aryl methyl sites for hydroxylation is 1. The Hall–Kier alpha value is -1.81. The number of rotatable bonds is 3. The zero-order valence-electron chi connectivity index (χ0n) is 10.7. The van der Waals surface area contributed by atoms with Gasteiger partial charge in [-0.25, -0.2) is 4.98 Å². The molecule has 1 aromatic carbocycles. The third-order valence-corrected chi connectivity index (χ3v) is 3.43. The van der Waals surface area contributed by atoms with E-state index in [1.54, 1.807) is 7.11 Å². The molecule has 2 N–H and O–H groups in total. The number of nitrogens with one attached hydrogen (secondary N) is 2. The number of benzene rings is 1. The summed E-state index contributed by atoms with van der Waals surface area (Å²) < 4.78 is 5.17. The van der Waals surface area contributed by atoms with Crippen LogP contribution < -0.4 is 10.1 Å². The average Bonchev–Trinajstić information content (AvgIpc) is 2.69. The molecule has 3 rings (SSSR count). The topological polar surface area (TPSA) is 49.9 Å². The van der Waals surface area contributed by atoms with Crippen LogP contribution in [0.3, 0.4) is 0 Å². The second-order valence-corrected chi connectivity index (χ2v) is 4.68. The smallest absolute Gasteiger partial charge is 0.118 e. The third kappa shape index (κ3) is 1.88. The Balaban J connectivity index is 1.92. The van der Waals surface area contributed by atoms with Gasteiger partial charge in [-0.2, -0.15) is 0 Å². The lowest BCUT2D eigenvalue weighted by molar-refractivity contribution is 0.415. The molecule has 1 aliphatic heterocycles. The lowest BCUT2D eigenvalue weighted by Gasteiger charge is -2.24. The number of imidazole rings is 1. The lowest BCUT2D eigenvalue weighted by Crippen LogP contribution is -2.40. The summed E-state index contributed by atoms with van der Waals surface area (Å²) in [6, 6.07) is 8.03. The van der Waals surface area contributed by atoms with E-state index < -0.39 is 0 Å². The Morgan fingerprint density at radius 1 is 1.22 bits per heavy atom. The predicted molar refractivity (Wildman–Crippen MR) is 70.9 cm³/mol. The van der Waals surface area contributed by atoms with Gasteiger partial charge in [0.1, 0.15) is 11.6 Å². The van der Waals surface area contributed by atoms with Crippen LogP contribution in [-0.4, -0.2) is 30.2 Å². The molecule has 18 heavy (non-hydrogen) atoms. The van der Waals surface area contributed by atoms with Crippen molar-refractivity contribution in [3.63, 3.8) is 0 Å². The number of H-pyrrole nitrogens is 1. The molecule has 4 nitrogen and oxygen atoms in total. The molecule has 0 saturated carbocycles. The second kappa shape index (κ2) is 4.46. The Morgan fingerprint density at radius 3 is 2.50 bits per heavy atom. The summed E-state index contributed by atoms with van der Waals surface area (Å²) in [5.41, 5.74) is 3.30. The van der Waals surface area contributed by atoms with E-state index in [4.69, 9.17) is 9.72 Å². The van der Waals surface area contributed by atoms with Crippen molar-refractivity contribution in [3.8, 4) is 17.0 Å². The highest BCUT2D eigenvalue weighted by molar-refractivity contribution is 5.62. The number of aromatic amines is 1. The van der Waals surface area contributed by atoms with Gasteiger partial charge >= 0.3 is 0 Å². The highest BCUT2D eigenvalue weighted by Crippen LogP contribution is 2.26. The minimum Gasteiger partial charge on any atom is -0.497 e. The summed E-state index contributed by atoms with van der Waals surface area (Å²) in [6.07, 6.45) is 0. The lowest BCUT2D eigenvalue weighted by atomic mass is 10.0. The van der Waals surface area contributed by atoms with E-state index in [-0.39, 0.29) is 0 Å². The van der Waals surface area contributed by atoms with Crippen LogP contribution in [0.2, 0.25) is 0 Å². The number of methoxy groups -OCH3 is 1. The largest absolute Gasteiger partial charge is 0.497 e. The molecule has 1 saturated heterocycles. The van der Waals surface area contributed by atoms with Crippen molar-refractivity contribution in [2.75, 3.05) is 20.2 Å². The van der Waals surface area contributed by atoms with Gasteiger partial charge in [0, 0.05) is 30.3 Å². The predicted octanol–water partition coefficient (Wildman–Crippen LogP) is 2.08. The molecule has 1 fully saturated rings. The molecule has 94 valence electrons. The highest BCUT2D eigenvalue weighted by atomic mass is 16.5. The molecule has 2 aromatic rings. The van der Waals surface area contributed by atoms with E-state index in [0.717, 1.165) is 41.6 Å². The van der Waals surface area contributed by atoms with Gasteiger partial charge < -0.3 is 15.0 Å². The van der Waals surface area contributed by atoms with Crippen LogP contribution in [0.15, 0.2) is 24.3 Å². The van der Waals surface area contributed by atoms with Crippen molar-refractivity contribution in [3.05, 3.63) is 35.8 Å². The van der Waals surface area contributed by atoms with Crippen molar-refractivity contribution in [1.29, 1.82) is 0 Å². The van der Waals surface area contributed by atoms with E-state index in [1.807, 2.05) is 24.3 Å². The highest BCUT2D eigenvalue weighted by Gasteiger charge is 2.23. The first-order valence-corrected chi connectivity index (χ1v) is 6.19. The average molecular weight is 243 g/mol. The SMILES string of the molecule is COc1ccc(-c2nc(C3CNC3)[nH]c2C)cc1. The van der Waals surface area contributed by atoms with Gasteiger partial charge in [-0.05, 0) is 31.2 Å². The molecular formula is C14H17N3O. The van der Waals surface area contributed by atoms with Gasteiger partial charge in [0.2, 0.25) is 0 Å². The van der Waals surface area contributed by atoms with E-state index in [1.165, 1.54) is 0 Å². The number of aromatic nitrogens is 2. The summed E-state index contributed by atoms with van der Waals surface area (Å²) in [5, 5.41) is 3.27. The molecule has 0 amide bonds. The fourth-order valence-electron chi connectivity index (χ4n) is 2.19. The van der Waals surface area contributed by atoms with Crippen LogP contribution in [0.4, 0.5) is 0 Å². The van der Waals surface area contributed by atoms with Crippen LogP contribution in [0.25, 0.3) is 11.3 Å². The molecular weight excluding hydrogens is 226 g/mol. The van der Waals surface area contributed by atoms with Crippen molar-refractivity contribution in [1.82, 2.24) is 15.3 Å². The number of hydrogen-bond donors (Lipinski definition) is 2. The first kappa shape index (κ1) is 11.3. The summed E-state index contributed by atoms with van der Waals surface area (Å²) in [4.78, 5) is 8.11. The maximum atomic E-state index is 5.17. The van der Waals surface area contributed by atoms with Gasteiger partial charge in [-0.3, -0.25) is 0 Å².